The molecule has 0 fully saturated rings. The van der Waals surface area contributed by atoms with Gasteiger partial charge in [-0.25, -0.2) is 4.98 Å². The van der Waals surface area contributed by atoms with Crippen LogP contribution in [0.3, 0.4) is 0 Å². The summed E-state index contributed by atoms with van der Waals surface area (Å²) in [7, 11) is 0. The summed E-state index contributed by atoms with van der Waals surface area (Å²) in [6.07, 6.45) is 6.67. The Hall–Kier alpha value is -0.670. The predicted molar refractivity (Wildman–Crippen MR) is 70.0 cm³/mol. The van der Waals surface area contributed by atoms with Gasteiger partial charge in [0.25, 0.3) is 0 Å². The lowest BCUT2D eigenvalue weighted by Crippen LogP contribution is -2.30. The average molecular weight is 236 g/mol. The molecule has 0 radical (unpaired) electrons. The van der Waals surface area contributed by atoms with Crippen molar-refractivity contribution in [2.24, 2.45) is 0 Å². The molecule has 2 rings (SSSR count). The second-order valence-electron chi connectivity index (χ2n) is 4.41. The zero-order valence-electron chi connectivity index (χ0n) is 10.1. The van der Waals surface area contributed by atoms with Crippen LogP contribution in [0.1, 0.15) is 48.3 Å². The zero-order valence-corrected chi connectivity index (χ0v) is 10.9. The van der Waals surface area contributed by atoms with Gasteiger partial charge in [-0.1, -0.05) is 13.0 Å². The van der Waals surface area contributed by atoms with E-state index in [1.165, 1.54) is 28.4 Å². The number of hydrogen-bond donors (Lipinski definition) is 1. The van der Waals surface area contributed by atoms with Crippen molar-refractivity contribution >= 4 is 11.3 Å². The fourth-order valence-corrected chi connectivity index (χ4v) is 3.31. The SMILES string of the molecule is C=CC(C)NC1CCCc2nc(CC)sc21. The van der Waals surface area contributed by atoms with E-state index < -0.39 is 0 Å². The second-order valence-corrected chi connectivity index (χ2v) is 5.52. The van der Waals surface area contributed by atoms with Crippen molar-refractivity contribution in [2.75, 3.05) is 0 Å². The molecule has 0 amide bonds. The minimum Gasteiger partial charge on any atom is -0.303 e. The minimum absolute atomic E-state index is 0.378. The van der Waals surface area contributed by atoms with Gasteiger partial charge < -0.3 is 5.32 Å². The van der Waals surface area contributed by atoms with E-state index in [0.29, 0.717) is 12.1 Å². The molecule has 16 heavy (non-hydrogen) atoms. The van der Waals surface area contributed by atoms with Crippen LogP contribution in [0.4, 0.5) is 0 Å². The molecule has 0 aromatic carbocycles. The van der Waals surface area contributed by atoms with Crippen LogP contribution in [0.2, 0.25) is 0 Å². The Bertz CT molecular complexity index is 370. The molecule has 0 bridgehead atoms. The summed E-state index contributed by atoms with van der Waals surface area (Å²) in [4.78, 5) is 6.17. The number of fused-ring (bicyclic) bond motifs is 1. The molecule has 1 N–H and O–H groups in total. The summed E-state index contributed by atoms with van der Waals surface area (Å²) in [6.45, 7) is 8.16. The number of nitrogens with zero attached hydrogens (tertiary/aromatic N) is 1. The monoisotopic (exact) mass is 236 g/mol. The van der Waals surface area contributed by atoms with E-state index in [2.05, 4.69) is 25.7 Å². The maximum absolute atomic E-state index is 4.71. The molecule has 1 aliphatic carbocycles. The van der Waals surface area contributed by atoms with Gasteiger partial charge in [-0.2, -0.15) is 0 Å². The van der Waals surface area contributed by atoms with Crippen LogP contribution < -0.4 is 5.32 Å². The largest absolute Gasteiger partial charge is 0.303 e. The standard InChI is InChI=1S/C13H20N2S/c1-4-9(3)14-10-7-6-8-11-13(10)16-12(5-2)15-11/h4,9-10,14H,1,5-8H2,2-3H3. The molecular weight excluding hydrogens is 216 g/mol. The quantitative estimate of drug-likeness (QED) is 0.812. The molecular formula is C13H20N2S. The third-order valence-corrected chi connectivity index (χ3v) is 4.47. The number of aromatic nitrogens is 1. The Balaban J connectivity index is 2.18. The van der Waals surface area contributed by atoms with E-state index in [-0.39, 0.29) is 0 Å². The summed E-state index contributed by atoms with van der Waals surface area (Å²) in [5, 5.41) is 4.90. The number of hydrogen-bond acceptors (Lipinski definition) is 3. The fourth-order valence-electron chi connectivity index (χ4n) is 2.17. The third-order valence-electron chi connectivity index (χ3n) is 3.11. The van der Waals surface area contributed by atoms with Gasteiger partial charge in [-0.05, 0) is 32.6 Å². The topological polar surface area (TPSA) is 24.9 Å². The van der Waals surface area contributed by atoms with Crippen molar-refractivity contribution in [1.29, 1.82) is 0 Å². The average Bonchev–Trinajstić information content (AvgIpc) is 2.73. The first kappa shape index (κ1) is 11.8. The summed E-state index contributed by atoms with van der Waals surface area (Å²) >= 11 is 1.89. The molecule has 1 aromatic heterocycles. The van der Waals surface area contributed by atoms with Crippen molar-refractivity contribution in [3.8, 4) is 0 Å². The molecule has 0 saturated carbocycles. The first-order valence-electron chi connectivity index (χ1n) is 6.11. The zero-order chi connectivity index (χ0) is 11.5. The molecule has 0 saturated heterocycles. The third kappa shape index (κ3) is 2.36. The molecule has 3 heteroatoms. The maximum Gasteiger partial charge on any atom is 0.0928 e. The van der Waals surface area contributed by atoms with Crippen LogP contribution in [0, 0.1) is 0 Å². The molecule has 2 nitrogen and oxygen atoms in total. The Morgan fingerprint density at radius 1 is 1.69 bits per heavy atom. The van der Waals surface area contributed by atoms with E-state index in [0.717, 1.165) is 12.8 Å². The van der Waals surface area contributed by atoms with Gasteiger partial charge in [0.1, 0.15) is 0 Å². The van der Waals surface area contributed by atoms with Gasteiger partial charge in [0.15, 0.2) is 0 Å². The van der Waals surface area contributed by atoms with Crippen molar-refractivity contribution in [3.63, 3.8) is 0 Å². The van der Waals surface area contributed by atoms with Gasteiger partial charge >= 0.3 is 0 Å². The lowest BCUT2D eigenvalue weighted by atomic mass is 9.97. The molecule has 2 unspecified atom stereocenters. The smallest absolute Gasteiger partial charge is 0.0928 e. The molecule has 0 aliphatic heterocycles. The molecule has 88 valence electrons. The van der Waals surface area contributed by atoms with Crippen molar-refractivity contribution in [1.82, 2.24) is 10.3 Å². The van der Waals surface area contributed by atoms with Crippen molar-refractivity contribution in [2.45, 2.75) is 51.6 Å². The number of nitrogens with one attached hydrogen (secondary N) is 1. The molecule has 0 spiro atoms. The summed E-state index contributed by atoms with van der Waals surface area (Å²) < 4.78 is 0. The molecule has 2 atom stereocenters. The first-order chi connectivity index (χ1) is 7.74. The van der Waals surface area contributed by atoms with Crippen LogP contribution in [0.25, 0.3) is 0 Å². The van der Waals surface area contributed by atoms with Crippen LogP contribution in [-0.4, -0.2) is 11.0 Å². The van der Waals surface area contributed by atoms with Gasteiger partial charge in [0.2, 0.25) is 0 Å². The fraction of sp³-hybridized carbons (Fsp3) is 0.615. The normalized spacial score (nSPS) is 21.5. The van der Waals surface area contributed by atoms with Crippen LogP contribution >= 0.6 is 11.3 Å². The summed E-state index contributed by atoms with van der Waals surface area (Å²) in [6, 6.07) is 0.873. The van der Waals surface area contributed by atoms with Gasteiger partial charge in [0.05, 0.1) is 10.7 Å². The van der Waals surface area contributed by atoms with Gasteiger partial charge in [0, 0.05) is 17.0 Å². The molecule has 1 heterocycles. The Kier molecular flexibility index (Phi) is 3.77. The van der Waals surface area contributed by atoms with E-state index in [9.17, 15) is 0 Å². The highest BCUT2D eigenvalue weighted by Crippen LogP contribution is 2.34. The van der Waals surface area contributed by atoms with Crippen LogP contribution in [0.5, 0.6) is 0 Å². The second kappa shape index (κ2) is 5.11. The van der Waals surface area contributed by atoms with Crippen molar-refractivity contribution in [3.05, 3.63) is 28.2 Å². The predicted octanol–water partition coefficient (Wildman–Crippen LogP) is 3.25. The summed E-state index contributed by atoms with van der Waals surface area (Å²) in [5.74, 6) is 0. The number of rotatable bonds is 4. The lowest BCUT2D eigenvalue weighted by molar-refractivity contribution is 0.444. The minimum atomic E-state index is 0.378. The van der Waals surface area contributed by atoms with E-state index in [4.69, 9.17) is 4.98 Å². The number of thiazole rings is 1. The van der Waals surface area contributed by atoms with Crippen molar-refractivity contribution < 1.29 is 0 Å². The summed E-state index contributed by atoms with van der Waals surface area (Å²) in [5.41, 5.74) is 1.34. The van der Waals surface area contributed by atoms with E-state index in [1.54, 1.807) is 0 Å². The van der Waals surface area contributed by atoms with Gasteiger partial charge in [-0.15, -0.1) is 17.9 Å². The van der Waals surface area contributed by atoms with Crippen LogP contribution in [-0.2, 0) is 12.8 Å². The first-order valence-corrected chi connectivity index (χ1v) is 6.93. The number of aryl methyl sites for hydroxylation is 2. The highest BCUT2D eigenvalue weighted by Gasteiger charge is 2.24. The maximum atomic E-state index is 4.71. The van der Waals surface area contributed by atoms with Gasteiger partial charge in [-0.3, -0.25) is 0 Å². The molecule has 1 aromatic rings. The Labute approximate surface area is 102 Å². The van der Waals surface area contributed by atoms with E-state index >= 15 is 0 Å². The molecule has 1 aliphatic rings. The highest BCUT2D eigenvalue weighted by atomic mass is 32.1. The lowest BCUT2D eigenvalue weighted by Gasteiger charge is -2.24. The Morgan fingerprint density at radius 2 is 2.50 bits per heavy atom. The Morgan fingerprint density at radius 3 is 3.19 bits per heavy atom. The highest BCUT2D eigenvalue weighted by molar-refractivity contribution is 7.11. The van der Waals surface area contributed by atoms with Crippen LogP contribution in [0.15, 0.2) is 12.7 Å². The van der Waals surface area contributed by atoms with E-state index in [1.807, 2.05) is 17.4 Å².